The van der Waals surface area contributed by atoms with Crippen LogP contribution in [0.4, 0.5) is 0 Å². The van der Waals surface area contributed by atoms with Crippen LogP contribution in [0.15, 0.2) is 65.8 Å². The third-order valence-electron chi connectivity index (χ3n) is 3.46. The number of rotatable bonds is 7. The molecule has 0 amide bonds. The summed E-state index contributed by atoms with van der Waals surface area (Å²) >= 11 is 7.78. The number of hydrogen-bond donors (Lipinski definition) is 0. The fourth-order valence-corrected chi connectivity index (χ4v) is 3.45. The zero-order chi connectivity index (χ0) is 16.9. The SMILES string of the molecule is C=C(C)Cn1c(SCCOc2ccccc2Cl)nc2ccccc21. The van der Waals surface area contributed by atoms with E-state index in [0.717, 1.165) is 39.8 Å². The highest BCUT2D eigenvalue weighted by atomic mass is 35.5. The summed E-state index contributed by atoms with van der Waals surface area (Å²) in [7, 11) is 0. The number of hydrogen-bond acceptors (Lipinski definition) is 3. The lowest BCUT2D eigenvalue weighted by atomic mass is 10.3. The van der Waals surface area contributed by atoms with Crippen LogP contribution in [0.2, 0.25) is 5.02 Å². The van der Waals surface area contributed by atoms with Crippen LogP contribution in [0.25, 0.3) is 11.0 Å². The van der Waals surface area contributed by atoms with Gasteiger partial charge >= 0.3 is 0 Å². The van der Waals surface area contributed by atoms with Crippen molar-refractivity contribution in [2.45, 2.75) is 18.6 Å². The highest BCUT2D eigenvalue weighted by Gasteiger charge is 2.11. The molecule has 1 heterocycles. The Morgan fingerprint density at radius 2 is 1.96 bits per heavy atom. The average molecular weight is 359 g/mol. The smallest absolute Gasteiger partial charge is 0.169 e. The molecule has 0 unspecified atom stereocenters. The summed E-state index contributed by atoms with van der Waals surface area (Å²) in [4.78, 5) is 4.73. The maximum absolute atomic E-state index is 6.10. The van der Waals surface area contributed by atoms with Crippen molar-refractivity contribution in [2.75, 3.05) is 12.4 Å². The lowest BCUT2D eigenvalue weighted by molar-refractivity contribution is 0.344. The molecule has 0 aliphatic carbocycles. The highest BCUT2D eigenvalue weighted by Crippen LogP contribution is 2.26. The molecular formula is C19H19ClN2OS. The monoisotopic (exact) mass is 358 g/mol. The fourth-order valence-electron chi connectivity index (χ4n) is 2.43. The Kier molecular flexibility index (Phi) is 5.48. The minimum Gasteiger partial charge on any atom is -0.491 e. The molecule has 0 saturated heterocycles. The molecular weight excluding hydrogens is 340 g/mol. The van der Waals surface area contributed by atoms with E-state index in [1.165, 1.54) is 0 Å². The second-order valence-electron chi connectivity index (χ2n) is 5.55. The first kappa shape index (κ1) is 16.9. The molecule has 0 fully saturated rings. The maximum atomic E-state index is 6.10. The van der Waals surface area contributed by atoms with Crippen molar-refractivity contribution in [3.05, 3.63) is 65.7 Å². The van der Waals surface area contributed by atoms with E-state index in [-0.39, 0.29) is 0 Å². The molecule has 0 atom stereocenters. The van der Waals surface area contributed by atoms with E-state index in [9.17, 15) is 0 Å². The largest absolute Gasteiger partial charge is 0.491 e. The Labute approximate surface area is 151 Å². The molecule has 0 aliphatic rings. The predicted molar refractivity (Wildman–Crippen MR) is 102 cm³/mol. The number of para-hydroxylation sites is 3. The van der Waals surface area contributed by atoms with E-state index in [1.807, 2.05) is 49.4 Å². The lowest BCUT2D eigenvalue weighted by Crippen LogP contribution is -2.04. The van der Waals surface area contributed by atoms with E-state index in [1.54, 1.807) is 11.8 Å². The fraction of sp³-hybridized carbons (Fsp3) is 0.211. The number of halogens is 1. The summed E-state index contributed by atoms with van der Waals surface area (Å²) < 4.78 is 7.95. The molecule has 3 rings (SSSR count). The molecule has 0 bridgehead atoms. The third kappa shape index (κ3) is 3.94. The number of imidazole rings is 1. The molecule has 0 radical (unpaired) electrons. The van der Waals surface area contributed by atoms with Crippen molar-refractivity contribution in [2.24, 2.45) is 0 Å². The van der Waals surface area contributed by atoms with Crippen LogP contribution in [0.1, 0.15) is 6.92 Å². The Morgan fingerprint density at radius 3 is 2.75 bits per heavy atom. The van der Waals surface area contributed by atoms with Gasteiger partial charge in [-0.25, -0.2) is 4.98 Å². The van der Waals surface area contributed by atoms with Gasteiger partial charge in [0.25, 0.3) is 0 Å². The van der Waals surface area contributed by atoms with Gasteiger partial charge in [0.2, 0.25) is 0 Å². The molecule has 3 aromatic rings. The van der Waals surface area contributed by atoms with Gasteiger partial charge < -0.3 is 9.30 Å². The van der Waals surface area contributed by atoms with Gasteiger partial charge in [-0.2, -0.15) is 0 Å². The van der Waals surface area contributed by atoms with Crippen LogP contribution < -0.4 is 4.74 Å². The second-order valence-corrected chi connectivity index (χ2v) is 7.02. The molecule has 3 nitrogen and oxygen atoms in total. The summed E-state index contributed by atoms with van der Waals surface area (Å²) in [5.74, 6) is 1.51. The third-order valence-corrected chi connectivity index (χ3v) is 4.71. The number of aromatic nitrogens is 2. The molecule has 0 saturated carbocycles. The van der Waals surface area contributed by atoms with Crippen molar-refractivity contribution < 1.29 is 4.74 Å². The second kappa shape index (κ2) is 7.77. The predicted octanol–water partition coefficient (Wildman–Crippen LogP) is 5.44. The van der Waals surface area contributed by atoms with E-state index in [0.29, 0.717) is 11.6 Å². The van der Waals surface area contributed by atoms with Crippen molar-refractivity contribution in [1.82, 2.24) is 9.55 Å². The number of fused-ring (bicyclic) bond motifs is 1. The van der Waals surface area contributed by atoms with Gasteiger partial charge in [0.05, 0.1) is 22.7 Å². The molecule has 0 N–H and O–H groups in total. The molecule has 124 valence electrons. The normalized spacial score (nSPS) is 10.9. The maximum Gasteiger partial charge on any atom is 0.169 e. The van der Waals surface area contributed by atoms with Crippen LogP contribution in [0.5, 0.6) is 5.75 Å². The van der Waals surface area contributed by atoms with Crippen molar-refractivity contribution in [3.63, 3.8) is 0 Å². The van der Waals surface area contributed by atoms with Crippen LogP contribution in [0.3, 0.4) is 0 Å². The number of thioether (sulfide) groups is 1. The Bertz CT molecular complexity index is 859. The molecule has 2 aromatic carbocycles. The minimum absolute atomic E-state index is 0.574. The van der Waals surface area contributed by atoms with Gasteiger partial charge in [-0.3, -0.25) is 0 Å². The topological polar surface area (TPSA) is 27.1 Å². The number of allylic oxidation sites excluding steroid dienone is 1. The van der Waals surface area contributed by atoms with Crippen LogP contribution in [-0.4, -0.2) is 21.9 Å². The van der Waals surface area contributed by atoms with Gasteiger partial charge in [0.1, 0.15) is 5.75 Å². The summed E-state index contributed by atoms with van der Waals surface area (Å²) in [6.45, 7) is 7.40. The van der Waals surface area contributed by atoms with Crippen molar-refractivity contribution >= 4 is 34.4 Å². The first-order valence-electron chi connectivity index (χ1n) is 7.75. The van der Waals surface area contributed by atoms with Gasteiger partial charge in [-0.15, -0.1) is 0 Å². The zero-order valence-electron chi connectivity index (χ0n) is 13.5. The van der Waals surface area contributed by atoms with Gasteiger partial charge in [0, 0.05) is 12.3 Å². The number of benzene rings is 2. The molecule has 24 heavy (non-hydrogen) atoms. The van der Waals surface area contributed by atoms with Crippen LogP contribution >= 0.6 is 23.4 Å². The van der Waals surface area contributed by atoms with Gasteiger partial charge in [-0.05, 0) is 31.2 Å². The average Bonchev–Trinajstić information content (AvgIpc) is 2.90. The van der Waals surface area contributed by atoms with Crippen LogP contribution in [0, 0.1) is 0 Å². The van der Waals surface area contributed by atoms with Crippen molar-refractivity contribution in [1.29, 1.82) is 0 Å². The summed E-state index contributed by atoms with van der Waals surface area (Å²) in [6, 6.07) is 15.7. The number of nitrogens with zero attached hydrogens (tertiary/aromatic N) is 2. The number of ether oxygens (including phenoxy) is 1. The lowest BCUT2D eigenvalue weighted by Gasteiger charge is -2.10. The first-order valence-corrected chi connectivity index (χ1v) is 9.11. The Morgan fingerprint density at radius 1 is 1.21 bits per heavy atom. The van der Waals surface area contributed by atoms with Crippen molar-refractivity contribution in [3.8, 4) is 5.75 Å². The van der Waals surface area contributed by atoms with E-state index >= 15 is 0 Å². The van der Waals surface area contributed by atoms with E-state index in [4.69, 9.17) is 21.3 Å². The summed E-state index contributed by atoms with van der Waals surface area (Å²) in [5, 5.41) is 1.62. The summed E-state index contributed by atoms with van der Waals surface area (Å²) in [6.07, 6.45) is 0. The Hall–Kier alpha value is -1.91. The Balaban J connectivity index is 1.68. The zero-order valence-corrected chi connectivity index (χ0v) is 15.1. The van der Waals surface area contributed by atoms with E-state index in [2.05, 4.69) is 17.2 Å². The molecule has 0 aliphatic heterocycles. The highest BCUT2D eigenvalue weighted by molar-refractivity contribution is 7.99. The van der Waals surface area contributed by atoms with E-state index < -0.39 is 0 Å². The van der Waals surface area contributed by atoms with Gasteiger partial charge in [0.15, 0.2) is 5.16 Å². The summed E-state index contributed by atoms with van der Waals surface area (Å²) in [5.41, 5.74) is 3.25. The van der Waals surface area contributed by atoms with Gasteiger partial charge in [-0.1, -0.05) is 59.8 Å². The minimum atomic E-state index is 0.574. The molecule has 0 spiro atoms. The quantitative estimate of drug-likeness (QED) is 0.320. The van der Waals surface area contributed by atoms with Crippen LogP contribution in [-0.2, 0) is 6.54 Å². The first-order chi connectivity index (χ1) is 11.6. The standard InChI is InChI=1S/C19H19ClN2OS/c1-14(2)13-22-17-9-5-4-8-16(17)21-19(22)24-12-11-23-18-10-6-3-7-15(18)20/h3-10H,1,11-13H2,2H3. The molecule has 5 heteroatoms. The molecule has 1 aromatic heterocycles.